The molecule has 154 valence electrons. The molecule has 1 aliphatic rings. The van der Waals surface area contributed by atoms with Crippen molar-refractivity contribution >= 4 is 17.5 Å². The van der Waals surface area contributed by atoms with E-state index in [1.165, 1.54) is 5.56 Å². The number of amides is 1. The van der Waals surface area contributed by atoms with E-state index < -0.39 is 0 Å². The first kappa shape index (κ1) is 21.2. The van der Waals surface area contributed by atoms with E-state index in [9.17, 15) is 4.79 Å². The molecule has 0 saturated carbocycles. The van der Waals surface area contributed by atoms with Crippen LogP contribution < -0.4 is 9.47 Å². The average Bonchev–Trinajstić information content (AvgIpc) is 2.74. The van der Waals surface area contributed by atoms with Gasteiger partial charge in [0.15, 0.2) is 18.1 Å². The molecule has 0 bridgehead atoms. The summed E-state index contributed by atoms with van der Waals surface area (Å²) in [5.74, 6) is 1.20. The average molecular weight is 415 g/mol. The molecule has 1 amide bonds. The first-order valence-corrected chi connectivity index (χ1v) is 10.1. The number of carbonyl (C=O) groups excluding carboxylic acids is 1. The van der Waals surface area contributed by atoms with E-state index in [-0.39, 0.29) is 12.5 Å². The van der Waals surface area contributed by atoms with Gasteiger partial charge < -0.3 is 14.4 Å². The lowest BCUT2D eigenvalue weighted by molar-refractivity contribution is -0.135. The minimum Gasteiger partial charge on any atom is -0.493 e. The number of hydrogen-bond donors (Lipinski definition) is 0. The number of piperazine rings is 1. The zero-order valence-corrected chi connectivity index (χ0v) is 17.5. The maximum Gasteiger partial charge on any atom is 0.260 e. The zero-order valence-electron chi connectivity index (χ0n) is 16.8. The van der Waals surface area contributed by atoms with E-state index in [0.29, 0.717) is 24.6 Å². The monoisotopic (exact) mass is 414 g/mol. The third-order valence-corrected chi connectivity index (χ3v) is 5.26. The Morgan fingerprint density at radius 2 is 1.76 bits per heavy atom. The molecule has 3 rings (SSSR count). The van der Waals surface area contributed by atoms with Gasteiger partial charge >= 0.3 is 0 Å². The summed E-state index contributed by atoms with van der Waals surface area (Å²) in [5.41, 5.74) is 2.29. The molecule has 1 saturated heterocycles. The van der Waals surface area contributed by atoms with Crippen molar-refractivity contribution in [2.24, 2.45) is 0 Å². The van der Waals surface area contributed by atoms with Crippen molar-refractivity contribution in [2.75, 3.05) is 39.9 Å². The number of rotatable bonds is 8. The van der Waals surface area contributed by atoms with E-state index in [2.05, 4.69) is 11.5 Å². The summed E-state index contributed by atoms with van der Waals surface area (Å²) in [7, 11) is 1.59. The van der Waals surface area contributed by atoms with Crippen LogP contribution in [0, 0.1) is 0 Å². The molecule has 1 fully saturated rings. The molecular formula is C23H27ClN2O3. The van der Waals surface area contributed by atoms with Gasteiger partial charge in [-0.15, -0.1) is 6.58 Å². The van der Waals surface area contributed by atoms with Crippen LogP contribution in [0.4, 0.5) is 0 Å². The minimum atomic E-state index is -0.00711. The number of halogens is 1. The molecule has 29 heavy (non-hydrogen) atoms. The lowest BCUT2D eigenvalue weighted by atomic mass is 10.1. The van der Waals surface area contributed by atoms with Crippen LogP contribution in [0.5, 0.6) is 11.5 Å². The smallest absolute Gasteiger partial charge is 0.260 e. The molecule has 2 aromatic rings. The molecule has 0 unspecified atom stereocenters. The maximum atomic E-state index is 12.6. The van der Waals surface area contributed by atoms with Gasteiger partial charge in [0.05, 0.1) is 7.11 Å². The second kappa shape index (κ2) is 10.3. The van der Waals surface area contributed by atoms with Gasteiger partial charge in [-0.2, -0.15) is 0 Å². The molecular weight excluding hydrogens is 388 g/mol. The van der Waals surface area contributed by atoms with Crippen molar-refractivity contribution in [3.8, 4) is 11.5 Å². The number of benzene rings is 2. The van der Waals surface area contributed by atoms with E-state index in [0.717, 1.165) is 36.6 Å². The quantitative estimate of drug-likeness (QED) is 0.616. The number of ether oxygens (including phenoxy) is 2. The highest BCUT2D eigenvalue weighted by molar-refractivity contribution is 6.30. The van der Waals surface area contributed by atoms with E-state index in [1.54, 1.807) is 7.11 Å². The molecule has 0 N–H and O–H groups in total. The molecule has 6 heteroatoms. The predicted octanol–water partition coefficient (Wildman–Crippen LogP) is 3.80. The Bertz CT molecular complexity index is 831. The van der Waals surface area contributed by atoms with E-state index in [4.69, 9.17) is 21.1 Å². The normalized spacial score (nSPS) is 14.5. The molecule has 0 radical (unpaired) electrons. The van der Waals surface area contributed by atoms with Gasteiger partial charge in [-0.1, -0.05) is 35.9 Å². The summed E-state index contributed by atoms with van der Waals surface area (Å²) in [5, 5.41) is 0.746. The molecule has 1 heterocycles. The SMILES string of the molecule is C=CCc1ccc(OC)c(OCC(=O)N2CCN(Cc3ccc(Cl)cc3)CC2)c1. The fourth-order valence-corrected chi connectivity index (χ4v) is 3.49. The van der Waals surface area contributed by atoms with Gasteiger partial charge in [-0.25, -0.2) is 0 Å². The van der Waals surface area contributed by atoms with Crippen molar-refractivity contribution in [2.45, 2.75) is 13.0 Å². The maximum absolute atomic E-state index is 12.6. The summed E-state index contributed by atoms with van der Waals surface area (Å²) in [6.07, 6.45) is 2.57. The Kier molecular flexibility index (Phi) is 7.55. The molecule has 1 aliphatic heterocycles. The van der Waals surface area contributed by atoms with Crippen molar-refractivity contribution < 1.29 is 14.3 Å². The topological polar surface area (TPSA) is 42.0 Å². The lowest BCUT2D eigenvalue weighted by Gasteiger charge is -2.34. The number of hydrogen-bond acceptors (Lipinski definition) is 4. The molecule has 0 aromatic heterocycles. The number of nitrogens with zero attached hydrogens (tertiary/aromatic N) is 2. The van der Waals surface area contributed by atoms with Gasteiger partial charge in [-0.05, 0) is 41.8 Å². The number of methoxy groups -OCH3 is 1. The highest BCUT2D eigenvalue weighted by Gasteiger charge is 2.22. The van der Waals surface area contributed by atoms with E-state index in [1.807, 2.05) is 53.4 Å². The molecule has 0 aliphatic carbocycles. The molecule has 5 nitrogen and oxygen atoms in total. The van der Waals surface area contributed by atoms with Crippen LogP contribution in [0.25, 0.3) is 0 Å². The standard InChI is InChI=1S/C23H27ClN2O3/c1-3-4-18-7-10-21(28-2)22(15-18)29-17-23(27)26-13-11-25(12-14-26)16-19-5-8-20(24)9-6-19/h3,5-10,15H,1,4,11-14,16-17H2,2H3. The first-order chi connectivity index (χ1) is 14.1. The summed E-state index contributed by atoms with van der Waals surface area (Å²) in [6.45, 7) is 7.70. The van der Waals surface area contributed by atoms with Crippen LogP contribution in [0.2, 0.25) is 5.02 Å². The third-order valence-electron chi connectivity index (χ3n) is 5.00. The highest BCUT2D eigenvalue weighted by atomic mass is 35.5. The Balaban J connectivity index is 1.49. The second-order valence-electron chi connectivity index (χ2n) is 7.05. The number of carbonyl (C=O) groups is 1. The molecule has 2 aromatic carbocycles. The van der Waals surface area contributed by atoms with E-state index >= 15 is 0 Å². The largest absolute Gasteiger partial charge is 0.493 e. The zero-order chi connectivity index (χ0) is 20.6. The summed E-state index contributed by atoms with van der Waals surface area (Å²) < 4.78 is 11.1. The molecule has 0 spiro atoms. The minimum absolute atomic E-state index is 0.00505. The van der Waals surface area contributed by atoms with Crippen LogP contribution in [0.1, 0.15) is 11.1 Å². The van der Waals surface area contributed by atoms with Crippen LogP contribution in [-0.2, 0) is 17.8 Å². The fourth-order valence-electron chi connectivity index (χ4n) is 3.36. The predicted molar refractivity (Wildman–Crippen MR) is 116 cm³/mol. The lowest BCUT2D eigenvalue weighted by Crippen LogP contribution is -2.49. The van der Waals surface area contributed by atoms with Crippen LogP contribution in [0.15, 0.2) is 55.1 Å². The Hall–Kier alpha value is -2.50. The van der Waals surface area contributed by atoms with Crippen LogP contribution in [0.3, 0.4) is 0 Å². The van der Waals surface area contributed by atoms with Gasteiger partial charge in [0.2, 0.25) is 0 Å². The second-order valence-corrected chi connectivity index (χ2v) is 7.49. The highest BCUT2D eigenvalue weighted by Crippen LogP contribution is 2.28. The van der Waals surface area contributed by atoms with Crippen LogP contribution >= 0.6 is 11.6 Å². The van der Waals surface area contributed by atoms with Crippen molar-refractivity contribution in [3.05, 3.63) is 71.3 Å². The summed E-state index contributed by atoms with van der Waals surface area (Å²) >= 11 is 5.94. The Morgan fingerprint density at radius 3 is 2.41 bits per heavy atom. The number of allylic oxidation sites excluding steroid dienone is 1. The van der Waals surface area contributed by atoms with Gasteiger partial charge in [-0.3, -0.25) is 9.69 Å². The first-order valence-electron chi connectivity index (χ1n) is 9.74. The summed E-state index contributed by atoms with van der Waals surface area (Å²) in [4.78, 5) is 16.8. The van der Waals surface area contributed by atoms with Crippen molar-refractivity contribution in [1.29, 1.82) is 0 Å². The van der Waals surface area contributed by atoms with Gasteiger partial charge in [0, 0.05) is 37.7 Å². The van der Waals surface area contributed by atoms with Crippen molar-refractivity contribution in [3.63, 3.8) is 0 Å². The molecule has 0 atom stereocenters. The van der Waals surface area contributed by atoms with Gasteiger partial charge in [0.1, 0.15) is 0 Å². The van der Waals surface area contributed by atoms with Crippen LogP contribution in [-0.4, -0.2) is 55.6 Å². The van der Waals surface area contributed by atoms with Crippen molar-refractivity contribution in [1.82, 2.24) is 9.80 Å². The van der Waals surface area contributed by atoms with Gasteiger partial charge in [0.25, 0.3) is 5.91 Å². The third kappa shape index (κ3) is 5.99. The fraction of sp³-hybridized carbons (Fsp3) is 0.348. The Morgan fingerprint density at radius 1 is 1.07 bits per heavy atom. The summed E-state index contributed by atoms with van der Waals surface area (Å²) in [6, 6.07) is 13.6. The Labute approximate surface area is 177 Å².